The average molecular weight is 399 g/mol. The standard InChI is InChI=1S/C19H17N3O3S2/c1-21(2)13-9-7-12(8-10-13)11-16-18(25)22(19(26)27-16)20-17(24)14-5-3-4-6-15(14)23/h3-11,23H,1-2H3,(H,20,24)/b16-11+. The van der Waals surface area contributed by atoms with Gasteiger partial charge in [-0.3, -0.25) is 15.0 Å². The third-order valence-electron chi connectivity index (χ3n) is 3.86. The van der Waals surface area contributed by atoms with Crippen LogP contribution in [-0.2, 0) is 4.79 Å². The van der Waals surface area contributed by atoms with Crippen LogP contribution in [0.15, 0.2) is 53.4 Å². The Labute approximate surface area is 166 Å². The quantitative estimate of drug-likeness (QED) is 0.608. The van der Waals surface area contributed by atoms with Crippen molar-refractivity contribution < 1.29 is 14.7 Å². The molecule has 0 spiro atoms. The summed E-state index contributed by atoms with van der Waals surface area (Å²) in [7, 11) is 3.90. The summed E-state index contributed by atoms with van der Waals surface area (Å²) in [4.78, 5) is 27.3. The minimum absolute atomic E-state index is 0.0646. The molecule has 1 saturated heterocycles. The number of thioether (sulfide) groups is 1. The molecule has 8 heteroatoms. The number of phenolic OH excluding ortho intramolecular Hbond substituents is 1. The van der Waals surface area contributed by atoms with Gasteiger partial charge < -0.3 is 10.0 Å². The second-order valence-corrected chi connectivity index (χ2v) is 7.64. The molecule has 6 nitrogen and oxygen atoms in total. The molecule has 0 bridgehead atoms. The maximum Gasteiger partial charge on any atom is 0.285 e. The second kappa shape index (κ2) is 7.81. The lowest BCUT2D eigenvalue weighted by Gasteiger charge is -2.16. The van der Waals surface area contributed by atoms with Crippen LogP contribution >= 0.6 is 24.0 Å². The summed E-state index contributed by atoms with van der Waals surface area (Å²) in [5.41, 5.74) is 4.42. The molecule has 27 heavy (non-hydrogen) atoms. The van der Waals surface area contributed by atoms with Gasteiger partial charge in [-0.05, 0) is 48.1 Å². The number of carbonyl (C=O) groups excluding carboxylic acids is 2. The molecule has 0 aliphatic carbocycles. The number of nitrogens with one attached hydrogen (secondary N) is 1. The highest BCUT2D eigenvalue weighted by Gasteiger charge is 2.34. The molecule has 138 valence electrons. The van der Waals surface area contributed by atoms with E-state index in [1.165, 1.54) is 12.1 Å². The van der Waals surface area contributed by atoms with Gasteiger partial charge in [-0.1, -0.05) is 36.0 Å². The minimum Gasteiger partial charge on any atom is -0.507 e. The van der Waals surface area contributed by atoms with Gasteiger partial charge in [0.1, 0.15) is 5.75 Å². The van der Waals surface area contributed by atoms with Crippen molar-refractivity contribution in [3.8, 4) is 5.75 Å². The molecule has 2 aromatic rings. The SMILES string of the molecule is CN(C)c1ccc(/C=C2/SC(=S)N(NC(=O)c3ccccc3O)C2=O)cc1. The van der Waals surface area contributed by atoms with Crippen LogP contribution in [0.25, 0.3) is 6.08 Å². The van der Waals surface area contributed by atoms with E-state index in [0.717, 1.165) is 28.0 Å². The monoisotopic (exact) mass is 399 g/mol. The van der Waals surface area contributed by atoms with Gasteiger partial charge in [-0.2, -0.15) is 5.01 Å². The fourth-order valence-corrected chi connectivity index (χ4v) is 3.59. The van der Waals surface area contributed by atoms with Crippen molar-refractivity contribution >= 4 is 51.9 Å². The van der Waals surface area contributed by atoms with Gasteiger partial charge in [0.25, 0.3) is 11.8 Å². The van der Waals surface area contributed by atoms with Gasteiger partial charge in [0.15, 0.2) is 4.32 Å². The molecule has 0 aromatic heterocycles. The fourth-order valence-electron chi connectivity index (χ4n) is 2.41. The van der Waals surface area contributed by atoms with Crippen molar-refractivity contribution in [2.24, 2.45) is 0 Å². The van der Waals surface area contributed by atoms with Crippen LogP contribution in [0.4, 0.5) is 5.69 Å². The first-order valence-corrected chi connectivity index (χ1v) is 9.23. The number of para-hydroxylation sites is 1. The maximum absolute atomic E-state index is 12.6. The second-order valence-electron chi connectivity index (χ2n) is 5.96. The molecule has 0 radical (unpaired) electrons. The molecule has 2 amide bonds. The highest BCUT2D eigenvalue weighted by molar-refractivity contribution is 8.26. The summed E-state index contributed by atoms with van der Waals surface area (Å²) in [5, 5.41) is 10.8. The van der Waals surface area contributed by atoms with E-state index in [0.29, 0.717) is 4.91 Å². The molecule has 1 aliphatic heterocycles. The zero-order valence-corrected chi connectivity index (χ0v) is 16.3. The molecule has 0 atom stereocenters. The van der Waals surface area contributed by atoms with Crippen LogP contribution in [0.3, 0.4) is 0 Å². The molecule has 0 unspecified atom stereocenters. The van der Waals surface area contributed by atoms with Gasteiger partial charge in [-0.15, -0.1) is 0 Å². The van der Waals surface area contributed by atoms with Crippen molar-refractivity contribution in [2.75, 3.05) is 19.0 Å². The summed E-state index contributed by atoms with van der Waals surface area (Å²) in [5.74, 6) is -1.19. The van der Waals surface area contributed by atoms with Crippen LogP contribution < -0.4 is 10.3 Å². The first-order chi connectivity index (χ1) is 12.9. The number of hydrogen-bond donors (Lipinski definition) is 2. The minimum atomic E-state index is -0.610. The fraction of sp³-hybridized carbons (Fsp3) is 0.105. The average Bonchev–Trinajstić information content (AvgIpc) is 2.90. The van der Waals surface area contributed by atoms with Gasteiger partial charge >= 0.3 is 0 Å². The predicted molar refractivity (Wildman–Crippen MR) is 111 cm³/mol. The molecule has 1 fully saturated rings. The largest absolute Gasteiger partial charge is 0.507 e. The summed E-state index contributed by atoms with van der Waals surface area (Å²) in [6, 6.07) is 13.8. The topological polar surface area (TPSA) is 72.9 Å². The van der Waals surface area contributed by atoms with E-state index in [2.05, 4.69) is 5.43 Å². The Balaban J connectivity index is 1.76. The van der Waals surface area contributed by atoms with Crippen molar-refractivity contribution in [1.29, 1.82) is 0 Å². The van der Waals surface area contributed by atoms with Gasteiger partial charge in [0, 0.05) is 19.8 Å². The molecular formula is C19H17N3O3S2. The van der Waals surface area contributed by atoms with Crippen molar-refractivity contribution in [3.05, 3.63) is 64.6 Å². The summed E-state index contributed by atoms with van der Waals surface area (Å²) in [6.07, 6.45) is 1.73. The third-order valence-corrected chi connectivity index (χ3v) is 5.17. The van der Waals surface area contributed by atoms with E-state index in [1.807, 2.05) is 43.3 Å². The zero-order chi connectivity index (χ0) is 19.6. The number of thiocarbonyl (C=S) groups is 1. The van der Waals surface area contributed by atoms with Gasteiger partial charge in [-0.25, -0.2) is 0 Å². The number of nitrogens with zero attached hydrogens (tertiary/aromatic N) is 2. The number of aromatic hydroxyl groups is 1. The summed E-state index contributed by atoms with van der Waals surface area (Å²) < 4.78 is 0.222. The normalized spacial score (nSPS) is 15.3. The molecule has 0 saturated carbocycles. The first-order valence-electron chi connectivity index (χ1n) is 8.01. The Bertz CT molecular complexity index is 939. The van der Waals surface area contributed by atoms with E-state index >= 15 is 0 Å². The number of benzene rings is 2. The lowest BCUT2D eigenvalue weighted by Crippen LogP contribution is -2.44. The van der Waals surface area contributed by atoms with Crippen LogP contribution in [0.2, 0.25) is 0 Å². The summed E-state index contributed by atoms with van der Waals surface area (Å²) in [6.45, 7) is 0. The highest BCUT2D eigenvalue weighted by atomic mass is 32.2. The van der Waals surface area contributed by atoms with Crippen molar-refractivity contribution in [1.82, 2.24) is 10.4 Å². The number of rotatable bonds is 4. The van der Waals surface area contributed by atoms with Crippen molar-refractivity contribution in [3.63, 3.8) is 0 Å². The number of hydrazine groups is 1. The number of amides is 2. The smallest absolute Gasteiger partial charge is 0.285 e. The lowest BCUT2D eigenvalue weighted by atomic mass is 10.2. The maximum atomic E-state index is 12.6. The zero-order valence-electron chi connectivity index (χ0n) is 14.7. The van der Waals surface area contributed by atoms with E-state index in [4.69, 9.17) is 12.2 Å². The Kier molecular flexibility index (Phi) is 5.48. The van der Waals surface area contributed by atoms with Crippen LogP contribution in [0.1, 0.15) is 15.9 Å². The Morgan fingerprint density at radius 2 is 1.85 bits per heavy atom. The third kappa shape index (κ3) is 4.12. The highest BCUT2D eigenvalue weighted by Crippen LogP contribution is 2.32. The molecule has 2 N–H and O–H groups in total. The number of hydrogen-bond acceptors (Lipinski definition) is 6. The predicted octanol–water partition coefficient (Wildman–Crippen LogP) is 3.00. The van der Waals surface area contributed by atoms with Crippen LogP contribution in [-0.4, -0.2) is 40.3 Å². The van der Waals surface area contributed by atoms with E-state index in [9.17, 15) is 14.7 Å². The molecular weight excluding hydrogens is 382 g/mol. The molecule has 1 heterocycles. The van der Waals surface area contributed by atoms with Crippen LogP contribution in [0.5, 0.6) is 5.75 Å². The Morgan fingerprint density at radius 1 is 1.19 bits per heavy atom. The summed E-state index contributed by atoms with van der Waals surface area (Å²) >= 11 is 6.32. The van der Waals surface area contributed by atoms with E-state index < -0.39 is 11.8 Å². The Hall–Kier alpha value is -2.84. The van der Waals surface area contributed by atoms with Gasteiger partial charge in [0.05, 0.1) is 10.5 Å². The number of phenols is 1. The van der Waals surface area contributed by atoms with Gasteiger partial charge in [0.2, 0.25) is 0 Å². The molecule has 3 rings (SSSR count). The van der Waals surface area contributed by atoms with E-state index in [1.54, 1.807) is 18.2 Å². The van der Waals surface area contributed by atoms with Crippen molar-refractivity contribution in [2.45, 2.75) is 0 Å². The molecule has 1 aliphatic rings. The van der Waals surface area contributed by atoms with E-state index in [-0.39, 0.29) is 15.6 Å². The first kappa shape index (κ1) is 18.9. The number of carbonyl (C=O) groups is 2. The van der Waals surface area contributed by atoms with Crippen LogP contribution in [0, 0.1) is 0 Å². The molecule has 2 aromatic carbocycles. The number of anilines is 1. The Morgan fingerprint density at radius 3 is 2.48 bits per heavy atom. The lowest BCUT2D eigenvalue weighted by molar-refractivity contribution is -0.123.